The summed E-state index contributed by atoms with van der Waals surface area (Å²) in [7, 11) is 1.40. The van der Waals surface area contributed by atoms with E-state index in [-0.39, 0.29) is 17.1 Å². The van der Waals surface area contributed by atoms with Gasteiger partial charge in [0.2, 0.25) is 0 Å². The highest BCUT2D eigenvalue weighted by Gasteiger charge is 2.37. The first-order chi connectivity index (χ1) is 9.03. The van der Waals surface area contributed by atoms with E-state index < -0.39 is 5.41 Å². The van der Waals surface area contributed by atoms with Crippen LogP contribution in [0.25, 0.3) is 0 Å². The van der Waals surface area contributed by atoms with Crippen LogP contribution in [0.2, 0.25) is 5.02 Å². The molecule has 4 heteroatoms. The Morgan fingerprint density at radius 3 is 2.35 bits per heavy atom. The fourth-order valence-corrected chi connectivity index (χ4v) is 3.12. The molecule has 112 valence electrons. The van der Waals surface area contributed by atoms with Gasteiger partial charge < -0.3 is 9.84 Å². The first kappa shape index (κ1) is 16.8. The number of carbonyl (C=O) groups is 1. The number of aromatic hydroxyl groups is 1. The van der Waals surface area contributed by atoms with Gasteiger partial charge in [0.15, 0.2) is 0 Å². The Morgan fingerprint density at radius 1 is 1.30 bits per heavy atom. The molecular weight excluding hydrogens is 276 g/mol. The van der Waals surface area contributed by atoms with E-state index in [1.807, 2.05) is 26.8 Å². The molecule has 0 saturated carbocycles. The monoisotopic (exact) mass is 298 g/mol. The molecule has 0 aromatic heterocycles. The quantitative estimate of drug-likeness (QED) is 0.847. The highest BCUT2D eigenvalue weighted by Crippen LogP contribution is 2.41. The van der Waals surface area contributed by atoms with Gasteiger partial charge in [0.05, 0.1) is 17.5 Å². The molecule has 1 aromatic rings. The first-order valence-corrected chi connectivity index (χ1v) is 6.97. The van der Waals surface area contributed by atoms with Crippen LogP contribution in [-0.2, 0) is 14.9 Å². The second-order valence-electron chi connectivity index (χ2n) is 6.51. The van der Waals surface area contributed by atoms with E-state index in [1.54, 1.807) is 6.07 Å². The van der Waals surface area contributed by atoms with E-state index >= 15 is 0 Å². The second kappa shape index (κ2) is 5.65. The summed E-state index contributed by atoms with van der Waals surface area (Å²) in [4.78, 5) is 11.9. The van der Waals surface area contributed by atoms with E-state index in [4.69, 9.17) is 16.3 Å². The molecule has 0 bridgehead atoms. The van der Waals surface area contributed by atoms with E-state index in [9.17, 15) is 9.90 Å². The van der Waals surface area contributed by atoms with Crippen molar-refractivity contribution in [3.63, 3.8) is 0 Å². The Bertz CT molecular complexity index is 519. The van der Waals surface area contributed by atoms with E-state index in [1.165, 1.54) is 7.11 Å². The topological polar surface area (TPSA) is 46.5 Å². The second-order valence-corrected chi connectivity index (χ2v) is 6.89. The molecule has 0 saturated heterocycles. The lowest BCUT2D eigenvalue weighted by Crippen LogP contribution is -2.34. The van der Waals surface area contributed by atoms with Crippen molar-refractivity contribution in [1.29, 1.82) is 0 Å². The molecule has 1 N–H and O–H groups in total. The van der Waals surface area contributed by atoms with E-state index in [0.29, 0.717) is 11.4 Å². The Balaban J connectivity index is 3.18. The summed E-state index contributed by atoms with van der Waals surface area (Å²) in [5, 5.41) is 10.0. The van der Waals surface area contributed by atoms with Crippen molar-refractivity contribution in [2.75, 3.05) is 7.11 Å². The van der Waals surface area contributed by atoms with Crippen LogP contribution >= 0.6 is 11.6 Å². The molecule has 0 radical (unpaired) electrons. The summed E-state index contributed by atoms with van der Waals surface area (Å²) in [6.07, 6.45) is 0.620. The number of methoxy groups -OCH3 is 1. The van der Waals surface area contributed by atoms with Gasteiger partial charge in [-0.2, -0.15) is 0 Å². The third kappa shape index (κ3) is 3.26. The molecule has 0 aliphatic carbocycles. The Hall–Kier alpha value is -1.22. The van der Waals surface area contributed by atoms with Crippen LogP contribution in [0.3, 0.4) is 0 Å². The van der Waals surface area contributed by atoms with E-state index in [0.717, 1.165) is 11.1 Å². The molecule has 0 aliphatic heterocycles. The van der Waals surface area contributed by atoms with Crippen LogP contribution in [0.4, 0.5) is 0 Å². The van der Waals surface area contributed by atoms with Crippen LogP contribution in [0.5, 0.6) is 5.75 Å². The van der Waals surface area contributed by atoms with Gasteiger partial charge in [0.25, 0.3) is 0 Å². The minimum absolute atomic E-state index is 0.0796. The predicted molar refractivity (Wildman–Crippen MR) is 81.3 cm³/mol. The van der Waals surface area contributed by atoms with Gasteiger partial charge in [-0.05, 0) is 49.8 Å². The lowest BCUT2D eigenvalue weighted by Gasteiger charge is -2.34. The lowest BCUT2D eigenvalue weighted by atomic mass is 9.70. The molecular formula is C16H23ClO3. The maximum absolute atomic E-state index is 11.9. The Morgan fingerprint density at radius 2 is 1.85 bits per heavy atom. The number of halogens is 1. The van der Waals surface area contributed by atoms with Crippen LogP contribution in [0.15, 0.2) is 12.1 Å². The Kier molecular flexibility index (Phi) is 4.75. The van der Waals surface area contributed by atoms with Gasteiger partial charge in [-0.3, -0.25) is 4.79 Å². The number of hydrogen-bond donors (Lipinski definition) is 1. The summed E-state index contributed by atoms with van der Waals surface area (Å²) < 4.78 is 4.86. The number of carbonyl (C=O) groups excluding carboxylic acids is 1. The van der Waals surface area contributed by atoms with Crippen LogP contribution in [0, 0.1) is 12.3 Å². The number of benzene rings is 1. The number of phenols is 1. The molecule has 1 rings (SSSR count). The minimum atomic E-state index is -0.588. The molecule has 3 nitrogen and oxygen atoms in total. The van der Waals surface area contributed by atoms with Gasteiger partial charge in [0, 0.05) is 0 Å². The molecule has 0 spiro atoms. The highest BCUT2D eigenvalue weighted by molar-refractivity contribution is 6.32. The minimum Gasteiger partial charge on any atom is -0.506 e. The largest absolute Gasteiger partial charge is 0.506 e. The summed E-state index contributed by atoms with van der Waals surface area (Å²) in [6, 6.07) is 3.46. The van der Waals surface area contributed by atoms with Crippen molar-refractivity contribution in [3.8, 4) is 5.75 Å². The number of phenolic OH excluding ortho intramolecular Hbond substituents is 1. The van der Waals surface area contributed by atoms with Crippen molar-refractivity contribution < 1.29 is 14.6 Å². The van der Waals surface area contributed by atoms with Crippen molar-refractivity contribution in [3.05, 3.63) is 28.3 Å². The number of rotatable bonds is 4. The third-order valence-corrected chi connectivity index (χ3v) is 4.19. The fraction of sp³-hybridized carbons (Fsp3) is 0.562. The fourth-order valence-electron chi connectivity index (χ4n) is 2.95. The number of ether oxygens (including phenoxy) is 1. The predicted octanol–water partition coefficient (Wildman–Crippen LogP) is 4.22. The standard InChI is InChI=1S/C16H23ClO3/c1-10-11(7-8-12(18)13(10)17)15(2,3)9-16(4,5)14(19)20-6/h7-8,18H,9H2,1-6H3. The summed E-state index contributed by atoms with van der Waals surface area (Å²) in [5.41, 5.74) is 1.02. The SMILES string of the molecule is COC(=O)C(C)(C)CC(C)(C)c1ccc(O)c(Cl)c1C. The zero-order valence-corrected chi connectivity index (χ0v) is 13.8. The lowest BCUT2D eigenvalue weighted by molar-refractivity contribution is -0.151. The van der Waals surface area contributed by atoms with Gasteiger partial charge in [-0.15, -0.1) is 0 Å². The van der Waals surface area contributed by atoms with Gasteiger partial charge >= 0.3 is 5.97 Å². The maximum atomic E-state index is 11.9. The molecule has 0 fully saturated rings. The zero-order valence-electron chi connectivity index (χ0n) is 13.0. The molecule has 0 amide bonds. The normalized spacial score (nSPS) is 12.3. The first-order valence-electron chi connectivity index (χ1n) is 6.60. The van der Waals surface area contributed by atoms with Gasteiger partial charge in [-0.1, -0.05) is 31.5 Å². The number of hydrogen-bond acceptors (Lipinski definition) is 3. The van der Waals surface area contributed by atoms with Gasteiger partial charge in [0.1, 0.15) is 5.75 Å². The van der Waals surface area contributed by atoms with Crippen molar-refractivity contribution >= 4 is 17.6 Å². The number of esters is 1. The van der Waals surface area contributed by atoms with E-state index in [2.05, 4.69) is 13.8 Å². The molecule has 0 aliphatic rings. The average molecular weight is 299 g/mol. The molecule has 0 atom stereocenters. The van der Waals surface area contributed by atoms with Crippen LogP contribution in [-0.4, -0.2) is 18.2 Å². The average Bonchev–Trinajstić information content (AvgIpc) is 2.33. The third-order valence-electron chi connectivity index (χ3n) is 3.72. The van der Waals surface area contributed by atoms with Crippen molar-refractivity contribution in [1.82, 2.24) is 0 Å². The summed E-state index contributed by atoms with van der Waals surface area (Å²) in [5.74, 6) is -0.149. The highest BCUT2D eigenvalue weighted by atomic mass is 35.5. The van der Waals surface area contributed by atoms with Gasteiger partial charge in [-0.25, -0.2) is 0 Å². The summed E-state index contributed by atoms with van der Waals surface area (Å²) >= 11 is 6.11. The maximum Gasteiger partial charge on any atom is 0.311 e. The van der Waals surface area contributed by atoms with Crippen LogP contribution in [0.1, 0.15) is 45.2 Å². The zero-order chi connectivity index (χ0) is 15.7. The van der Waals surface area contributed by atoms with Crippen molar-refractivity contribution in [2.45, 2.75) is 46.5 Å². The smallest absolute Gasteiger partial charge is 0.311 e. The molecule has 20 heavy (non-hydrogen) atoms. The van der Waals surface area contributed by atoms with Crippen molar-refractivity contribution in [2.24, 2.45) is 5.41 Å². The molecule has 1 aromatic carbocycles. The van der Waals surface area contributed by atoms with Crippen LogP contribution < -0.4 is 0 Å². The molecule has 0 unspecified atom stereocenters. The summed E-state index contributed by atoms with van der Waals surface area (Å²) in [6.45, 7) is 9.75. The molecule has 0 heterocycles. The Labute approximate surface area is 125 Å².